The van der Waals surface area contributed by atoms with Crippen LogP contribution in [0.5, 0.6) is 0 Å². The fourth-order valence-electron chi connectivity index (χ4n) is 2.71. The average Bonchev–Trinajstić information content (AvgIpc) is 2.37. The van der Waals surface area contributed by atoms with E-state index in [4.69, 9.17) is 9.78 Å². The number of rotatable bonds is 3. The lowest BCUT2D eigenvalue weighted by Crippen LogP contribution is -2.29. The number of carbonyl (C=O) groups excluding carboxylic acids is 1. The summed E-state index contributed by atoms with van der Waals surface area (Å²) in [6.07, 6.45) is 3.26. The molecule has 0 amide bonds. The number of hydrogen-bond acceptors (Lipinski definition) is 3. The zero-order valence-corrected chi connectivity index (χ0v) is 11.9. The molecule has 1 aromatic carbocycles. The van der Waals surface area contributed by atoms with E-state index >= 15 is 0 Å². The molecule has 1 saturated carbocycles. The normalized spacial score (nSPS) is 27.0. The van der Waals surface area contributed by atoms with Crippen molar-refractivity contribution in [3.05, 3.63) is 35.4 Å². The van der Waals surface area contributed by atoms with Crippen LogP contribution >= 0.6 is 0 Å². The molecule has 3 atom stereocenters. The van der Waals surface area contributed by atoms with Crippen LogP contribution in [0.4, 0.5) is 0 Å². The summed E-state index contributed by atoms with van der Waals surface area (Å²) in [6, 6.07) is 7.34. The Morgan fingerprint density at radius 1 is 1.26 bits per heavy atom. The highest BCUT2D eigenvalue weighted by Gasteiger charge is 2.28. The third kappa shape index (κ3) is 3.80. The Labute approximate surface area is 114 Å². The molecule has 0 spiro atoms. The fourth-order valence-corrected chi connectivity index (χ4v) is 2.71. The maximum absolute atomic E-state index is 11.9. The van der Waals surface area contributed by atoms with Gasteiger partial charge in [-0.1, -0.05) is 31.5 Å². The van der Waals surface area contributed by atoms with Gasteiger partial charge >= 0.3 is 5.97 Å². The Morgan fingerprint density at radius 2 is 2.05 bits per heavy atom. The second-order valence-corrected chi connectivity index (χ2v) is 5.77. The first-order chi connectivity index (χ1) is 9.06. The third-order valence-electron chi connectivity index (χ3n) is 3.85. The number of benzene rings is 1. The summed E-state index contributed by atoms with van der Waals surface area (Å²) >= 11 is 0. The number of aryl methyl sites for hydroxylation is 1. The van der Waals surface area contributed by atoms with Crippen molar-refractivity contribution in [3.8, 4) is 0 Å². The molecule has 0 radical (unpaired) electrons. The molecule has 1 fully saturated rings. The highest BCUT2D eigenvalue weighted by Crippen LogP contribution is 2.30. The van der Waals surface area contributed by atoms with Crippen LogP contribution in [0.2, 0.25) is 0 Å². The minimum absolute atomic E-state index is 0.0324. The largest absolute Gasteiger partial charge is 0.373 e. The Kier molecular flexibility index (Phi) is 4.59. The van der Waals surface area contributed by atoms with Gasteiger partial charge in [0.2, 0.25) is 0 Å². The van der Waals surface area contributed by atoms with E-state index in [1.54, 1.807) is 12.1 Å². The van der Waals surface area contributed by atoms with Crippen molar-refractivity contribution in [1.82, 2.24) is 0 Å². The summed E-state index contributed by atoms with van der Waals surface area (Å²) in [5.74, 6) is 0.769. The molecule has 3 nitrogen and oxygen atoms in total. The van der Waals surface area contributed by atoms with E-state index in [2.05, 4.69) is 13.8 Å². The molecule has 3 heteroatoms. The first-order valence-electron chi connectivity index (χ1n) is 7.00. The van der Waals surface area contributed by atoms with E-state index in [1.807, 2.05) is 19.1 Å². The maximum Gasteiger partial charge on any atom is 0.373 e. The van der Waals surface area contributed by atoms with Crippen LogP contribution < -0.4 is 0 Å². The third-order valence-corrected chi connectivity index (χ3v) is 3.85. The minimum atomic E-state index is -0.408. The zero-order valence-electron chi connectivity index (χ0n) is 11.9. The Balaban J connectivity index is 1.87. The van der Waals surface area contributed by atoms with E-state index in [0.29, 0.717) is 11.5 Å². The Bertz CT molecular complexity index is 441. The highest BCUT2D eigenvalue weighted by molar-refractivity contribution is 5.89. The van der Waals surface area contributed by atoms with Gasteiger partial charge in [-0.25, -0.2) is 4.79 Å². The van der Waals surface area contributed by atoms with E-state index in [-0.39, 0.29) is 6.10 Å². The molecule has 3 unspecified atom stereocenters. The van der Waals surface area contributed by atoms with E-state index < -0.39 is 5.97 Å². The standard InChI is InChI=1S/C16H22O3/c1-11-5-4-6-14(10-11)16(17)19-18-15-8-7-12(2)9-13(15)3/h4-6,10,12-13,15H,7-9H2,1-3H3. The second kappa shape index (κ2) is 6.20. The predicted molar refractivity (Wildman–Crippen MR) is 73.6 cm³/mol. The lowest BCUT2D eigenvalue weighted by Gasteiger charge is -2.30. The monoisotopic (exact) mass is 262 g/mol. The lowest BCUT2D eigenvalue weighted by atomic mass is 9.81. The maximum atomic E-state index is 11.9. The molecule has 0 saturated heterocycles. The molecule has 0 N–H and O–H groups in total. The fraction of sp³-hybridized carbons (Fsp3) is 0.562. The van der Waals surface area contributed by atoms with Gasteiger partial charge in [0.1, 0.15) is 6.10 Å². The van der Waals surface area contributed by atoms with E-state index in [0.717, 1.165) is 30.7 Å². The summed E-state index contributed by atoms with van der Waals surface area (Å²) in [5, 5.41) is 0. The molecule has 1 aromatic rings. The Morgan fingerprint density at radius 3 is 2.74 bits per heavy atom. The van der Waals surface area contributed by atoms with Gasteiger partial charge in [-0.05, 0) is 50.2 Å². The molecule has 0 heterocycles. The zero-order chi connectivity index (χ0) is 13.8. The molecular formula is C16H22O3. The van der Waals surface area contributed by atoms with Crippen LogP contribution in [0, 0.1) is 18.8 Å². The molecule has 0 aliphatic heterocycles. The lowest BCUT2D eigenvalue weighted by molar-refractivity contribution is -0.290. The van der Waals surface area contributed by atoms with Gasteiger partial charge in [-0.2, -0.15) is 4.89 Å². The Hall–Kier alpha value is -1.35. The van der Waals surface area contributed by atoms with Crippen LogP contribution in [-0.4, -0.2) is 12.1 Å². The van der Waals surface area contributed by atoms with Gasteiger partial charge in [-0.15, -0.1) is 0 Å². The first kappa shape index (κ1) is 14.1. The highest BCUT2D eigenvalue weighted by atomic mass is 17.2. The van der Waals surface area contributed by atoms with Crippen molar-refractivity contribution >= 4 is 5.97 Å². The smallest absolute Gasteiger partial charge is 0.293 e. The molecule has 1 aliphatic carbocycles. The van der Waals surface area contributed by atoms with Crippen LogP contribution in [-0.2, 0) is 9.78 Å². The predicted octanol–water partition coefficient (Wildman–Crippen LogP) is 3.91. The van der Waals surface area contributed by atoms with Gasteiger partial charge in [0.25, 0.3) is 0 Å². The number of hydrogen-bond donors (Lipinski definition) is 0. The van der Waals surface area contributed by atoms with Gasteiger partial charge < -0.3 is 0 Å². The van der Waals surface area contributed by atoms with Gasteiger partial charge in [-0.3, -0.25) is 4.89 Å². The van der Waals surface area contributed by atoms with Crippen molar-refractivity contribution in [2.24, 2.45) is 11.8 Å². The molecule has 0 bridgehead atoms. The molecule has 2 rings (SSSR count). The summed E-state index contributed by atoms with van der Waals surface area (Å²) in [4.78, 5) is 22.2. The van der Waals surface area contributed by atoms with Gasteiger partial charge in [0, 0.05) is 0 Å². The van der Waals surface area contributed by atoms with Crippen molar-refractivity contribution in [1.29, 1.82) is 0 Å². The first-order valence-corrected chi connectivity index (χ1v) is 7.00. The molecule has 104 valence electrons. The van der Waals surface area contributed by atoms with Crippen LogP contribution in [0.25, 0.3) is 0 Å². The molecule has 1 aliphatic rings. The van der Waals surface area contributed by atoms with Gasteiger partial charge in [0.05, 0.1) is 5.56 Å². The molecule has 19 heavy (non-hydrogen) atoms. The summed E-state index contributed by atoms with van der Waals surface area (Å²) in [7, 11) is 0. The SMILES string of the molecule is Cc1cccc(C(=O)OOC2CCC(C)CC2C)c1. The second-order valence-electron chi connectivity index (χ2n) is 5.77. The summed E-state index contributed by atoms with van der Waals surface area (Å²) in [5.41, 5.74) is 1.58. The number of carbonyl (C=O) groups is 1. The van der Waals surface area contributed by atoms with Crippen LogP contribution in [0.3, 0.4) is 0 Å². The topological polar surface area (TPSA) is 35.5 Å². The van der Waals surface area contributed by atoms with E-state index in [1.165, 1.54) is 0 Å². The summed E-state index contributed by atoms with van der Waals surface area (Å²) < 4.78 is 0. The van der Waals surface area contributed by atoms with Crippen LogP contribution in [0.15, 0.2) is 24.3 Å². The van der Waals surface area contributed by atoms with Crippen molar-refractivity contribution in [2.45, 2.75) is 46.1 Å². The van der Waals surface area contributed by atoms with Crippen molar-refractivity contribution in [3.63, 3.8) is 0 Å². The molecule has 0 aromatic heterocycles. The average molecular weight is 262 g/mol. The molecular weight excluding hydrogens is 240 g/mol. The van der Waals surface area contributed by atoms with Crippen molar-refractivity contribution < 1.29 is 14.6 Å². The van der Waals surface area contributed by atoms with Crippen LogP contribution in [0.1, 0.15) is 49.0 Å². The van der Waals surface area contributed by atoms with Gasteiger partial charge in [0.15, 0.2) is 0 Å². The minimum Gasteiger partial charge on any atom is -0.293 e. The summed E-state index contributed by atoms with van der Waals surface area (Å²) in [6.45, 7) is 6.36. The quantitative estimate of drug-likeness (QED) is 0.612. The van der Waals surface area contributed by atoms with E-state index in [9.17, 15) is 4.79 Å². The van der Waals surface area contributed by atoms with Crippen molar-refractivity contribution in [2.75, 3.05) is 0 Å².